The van der Waals surface area contributed by atoms with Crippen molar-refractivity contribution >= 4 is 11.9 Å². The zero-order chi connectivity index (χ0) is 62.0. The summed E-state index contributed by atoms with van der Waals surface area (Å²) >= 11 is 0. The lowest BCUT2D eigenvalue weighted by atomic mass is 10.0. The Bertz CT molecular complexity index is 1350. The Morgan fingerprint density at radius 1 is 0.314 bits per heavy atom. The second-order valence-electron chi connectivity index (χ2n) is 27.4. The van der Waals surface area contributed by atoms with Crippen molar-refractivity contribution < 1.29 is 24.5 Å². The fourth-order valence-corrected chi connectivity index (χ4v) is 12.7. The summed E-state index contributed by atoms with van der Waals surface area (Å²) < 4.78 is 5.52. The van der Waals surface area contributed by atoms with Crippen LogP contribution in [0.5, 0.6) is 0 Å². The lowest BCUT2D eigenvalue weighted by molar-refractivity contribution is -0.143. The summed E-state index contributed by atoms with van der Waals surface area (Å²) in [6, 6.07) is -0.627. The third-order valence-electron chi connectivity index (χ3n) is 18.7. The van der Waals surface area contributed by atoms with Crippen LogP contribution in [0, 0.1) is 0 Å². The molecule has 0 saturated carbocycles. The fourth-order valence-electron chi connectivity index (χ4n) is 12.7. The van der Waals surface area contributed by atoms with E-state index in [0.717, 1.165) is 38.5 Å². The summed E-state index contributed by atoms with van der Waals surface area (Å²) in [4.78, 5) is 24.7. The Hall–Kier alpha value is -1.66. The quantitative estimate of drug-likeness (QED) is 0.0320. The zero-order valence-electron chi connectivity index (χ0n) is 58.6. The third kappa shape index (κ3) is 71.4. The number of esters is 1. The van der Waals surface area contributed by atoms with Gasteiger partial charge in [-0.3, -0.25) is 9.59 Å². The molecule has 0 aliphatic rings. The van der Waals surface area contributed by atoms with Crippen LogP contribution < -0.4 is 5.32 Å². The minimum absolute atomic E-state index is 0.0185. The van der Waals surface area contributed by atoms with Gasteiger partial charge in [0.05, 0.1) is 25.4 Å². The van der Waals surface area contributed by atoms with Crippen molar-refractivity contribution in [2.75, 3.05) is 13.2 Å². The van der Waals surface area contributed by atoms with Crippen LogP contribution in [-0.4, -0.2) is 47.4 Å². The number of allylic oxidation sites excluding steroid dienone is 3. The highest BCUT2D eigenvalue weighted by atomic mass is 16.5. The number of carbonyl (C=O) groups excluding carboxylic acids is 2. The number of aliphatic hydroxyl groups excluding tert-OH is 2. The summed E-state index contributed by atoms with van der Waals surface area (Å²) in [5.74, 6) is -0.0416. The van der Waals surface area contributed by atoms with Crippen molar-refractivity contribution in [3.63, 3.8) is 0 Å². The first-order chi connectivity index (χ1) is 42.5. The van der Waals surface area contributed by atoms with Gasteiger partial charge in [0.25, 0.3) is 0 Å². The first-order valence-electron chi connectivity index (χ1n) is 39.6. The van der Waals surface area contributed by atoms with Crippen molar-refractivity contribution in [3.05, 3.63) is 24.3 Å². The van der Waals surface area contributed by atoms with Crippen molar-refractivity contribution in [2.45, 2.75) is 463 Å². The van der Waals surface area contributed by atoms with Crippen LogP contribution in [0.1, 0.15) is 450 Å². The van der Waals surface area contributed by atoms with Crippen molar-refractivity contribution in [3.8, 4) is 0 Å². The highest BCUT2D eigenvalue weighted by Crippen LogP contribution is 2.20. The largest absolute Gasteiger partial charge is 0.466 e. The average molecular weight is 1210 g/mol. The van der Waals surface area contributed by atoms with Crippen molar-refractivity contribution in [1.82, 2.24) is 5.32 Å². The van der Waals surface area contributed by atoms with Crippen LogP contribution in [0.2, 0.25) is 0 Å². The number of amides is 1. The Balaban J connectivity index is 3.36. The van der Waals surface area contributed by atoms with Crippen LogP contribution >= 0.6 is 0 Å². The number of carbonyl (C=O) groups is 2. The Kier molecular flexibility index (Phi) is 74.3. The summed E-state index contributed by atoms with van der Waals surface area (Å²) in [6.45, 7) is 4.95. The van der Waals surface area contributed by atoms with E-state index in [1.165, 1.54) is 385 Å². The first kappa shape index (κ1) is 84.3. The topological polar surface area (TPSA) is 95.9 Å². The van der Waals surface area contributed by atoms with Gasteiger partial charge in [-0.05, 0) is 57.8 Å². The van der Waals surface area contributed by atoms with E-state index in [0.29, 0.717) is 19.4 Å². The molecule has 0 aromatic heterocycles. The lowest BCUT2D eigenvalue weighted by Crippen LogP contribution is -2.45. The molecule has 0 rings (SSSR count). The molecule has 0 aliphatic heterocycles. The number of unbranched alkanes of at least 4 members (excludes halogenated alkanes) is 62. The average Bonchev–Trinajstić information content (AvgIpc) is 3.53. The van der Waals surface area contributed by atoms with Gasteiger partial charge in [-0.1, -0.05) is 404 Å². The van der Waals surface area contributed by atoms with Gasteiger partial charge in [-0.15, -0.1) is 0 Å². The SMILES string of the molecule is CCCCCCCC/C=C\CCCCCCCCCCCC(=O)OCCCCCCCCCCCCCCCCCCCCCCCCCCCCCC(=O)NC(CO)C(O)/C=C/CCCCCCCCCCCCCCCCCCCCCCC. The first-order valence-corrected chi connectivity index (χ1v) is 39.6. The predicted molar refractivity (Wildman–Crippen MR) is 380 cm³/mol. The highest BCUT2D eigenvalue weighted by molar-refractivity contribution is 5.76. The van der Waals surface area contributed by atoms with Gasteiger partial charge in [0, 0.05) is 12.8 Å². The number of aliphatic hydroxyl groups is 2. The van der Waals surface area contributed by atoms with E-state index in [-0.39, 0.29) is 18.5 Å². The summed E-state index contributed by atoms with van der Waals surface area (Å²) in [5, 5.41) is 23.3. The van der Waals surface area contributed by atoms with Crippen LogP contribution in [0.15, 0.2) is 24.3 Å². The number of hydrogen-bond donors (Lipinski definition) is 3. The molecule has 2 unspecified atom stereocenters. The monoisotopic (exact) mass is 1210 g/mol. The van der Waals surface area contributed by atoms with Crippen LogP contribution in [0.3, 0.4) is 0 Å². The van der Waals surface area contributed by atoms with E-state index in [2.05, 4.69) is 31.3 Å². The molecule has 6 nitrogen and oxygen atoms in total. The van der Waals surface area contributed by atoms with Gasteiger partial charge in [0.15, 0.2) is 0 Å². The molecular weight excluding hydrogens is 1050 g/mol. The number of nitrogens with one attached hydrogen (secondary N) is 1. The van der Waals surface area contributed by atoms with E-state index in [4.69, 9.17) is 4.74 Å². The Labute approximate surface area is 539 Å². The molecule has 86 heavy (non-hydrogen) atoms. The van der Waals surface area contributed by atoms with E-state index in [9.17, 15) is 19.8 Å². The van der Waals surface area contributed by atoms with E-state index < -0.39 is 12.1 Å². The lowest BCUT2D eigenvalue weighted by Gasteiger charge is -2.20. The molecule has 0 saturated heterocycles. The van der Waals surface area contributed by atoms with E-state index >= 15 is 0 Å². The Morgan fingerprint density at radius 2 is 0.547 bits per heavy atom. The number of ether oxygens (including phenoxy) is 1. The minimum atomic E-state index is -0.844. The van der Waals surface area contributed by atoms with Crippen LogP contribution in [0.25, 0.3) is 0 Å². The number of rotatable bonds is 75. The molecule has 2 atom stereocenters. The standard InChI is InChI=1S/C80H155NO5/c1-3-5-7-9-11-13-15-17-19-21-23-24-30-33-37-40-44-48-52-56-60-64-68-72-78(83)77(76-82)81-79(84)73-69-65-61-57-53-49-45-41-38-34-31-28-26-25-27-29-32-35-39-43-47-51-55-59-63-67-71-75-86-80(85)74-70-66-62-58-54-50-46-42-36-22-20-18-16-14-12-10-8-6-4-2/h18,20,68,72,77-78,82-83H,3-17,19,21-67,69-71,73-76H2,1-2H3,(H,81,84)/b20-18-,72-68+. The van der Waals surface area contributed by atoms with Gasteiger partial charge < -0.3 is 20.3 Å². The molecule has 510 valence electrons. The molecule has 0 aliphatic carbocycles. The molecule has 0 aromatic rings. The molecule has 1 amide bonds. The fraction of sp³-hybridized carbons (Fsp3) is 0.925. The maximum absolute atomic E-state index is 12.6. The summed E-state index contributed by atoms with van der Waals surface area (Å²) in [6.07, 6.45) is 97.2. The maximum Gasteiger partial charge on any atom is 0.305 e. The molecular formula is C80H155NO5. The second kappa shape index (κ2) is 75.8. The molecule has 6 heteroatoms. The van der Waals surface area contributed by atoms with Crippen molar-refractivity contribution in [1.29, 1.82) is 0 Å². The smallest absolute Gasteiger partial charge is 0.305 e. The zero-order valence-corrected chi connectivity index (χ0v) is 58.6. The molecule has 0 spiro atoms. The summed E-state index contributed by atoms with van der Waals surface area (Å²) in [5.41, 5.74) is 0. The van der Waals surface area contributed by atoms with Gasteiger partial charge in [-0.2, -0.15) is 0 Å². The maximum atomic E-state index is 12.6. The normalized spacial score (nSPS) is 12.6. The molecule has 0 heterocycles. The second-order valence-corrected chi connectivity index (χ2v) is 27.4. The van der Waals surface area contributed by atoms with Crippen LogP contribution in [0.4, 0.5) is 0 Å². The minimum Gasteiger partial charge on any atom is -0.466 e. The molecule has 0 fully saturated rings. The molecule has 0 radical (unpaired) electrons. The van der Waals surface area contributed by atoms with E-state index in [1.807, 2.05) is 6.08 Å². The van der Waals surface area contributed by atoms with Crippen molar-refractivity contribution in [2.24, 2.45) is 0 Å². The Morgan fingerprint density at radius 3 is 0.826 bits per heavy atom. The van der Waals surface area contributed by atoms with Gasteiger partial charge in [0.1, 0.15) is 0 Å². The number of hydrogen-bond acceptors (Lipinski definition) is 5. The molecule has 3 N–H and O–H groups in total. The van der Waals surface area contributed by atoms with Gasteiger partial charge in [0.2, 0.25) is 5.91 Å². The third-order valence-corrected chi connectivity index (χ3v) is 18.7. The van der Waals surface area contributed by atoms with Crippen LogP contribution in [-0.2, 0) is 14.3 Å². The van der Waals surface area contributed by atoms with E-state index in [1.54, 1.807) is 6.08 Å². The molecule has 0 aromatic carbocycles. The summed E-state index contributed by atoms with van der Waals surface area (Å²) in [7, 11) is 0. The predicted octanol–water partition coefficient (Wildman–Crippen LogP) is 26.0. The van der Waals surface area contributed by atoms with Gasteiger partial charge >= 0.3 is 5.97 Å². The van der Waals surface area contributed by atoms with Gasteiger partial charge in [-0.25, -0.2) is 0 Å². The highest BCUT2D eigenvalue weighted by Gasteiger charge is 2.18. The molecule has 0 bridgehead atoms.